The van der Waals surface area contributed by atoms with Crippen LogP contribution in [0.1, 0.15) is 51.9 Å². The molecular weight excluding hydrogens is 204 g/mol. The van der Waals surface area contributed by atoms with E-state index in [1.165, 1.54) is 32.1 Å². The average molecular weight is 225 g/mol. The minimum Gasteiger partial charge on any atom is -0.450 e. The van der Waals surface area contributed by atoms with Crippen molar-refractivity contribution in [3.8, 4) is 0 Å². The highest BCUT2D eigenvalue weighted by Gasteiger charge is 1.95. The van der Waals surface area contributed by atoms with E-state index in [9.17, 15) is 4.79 Å². The van der Waals surface area contributed by atoms with Gasteiger partial charge in [-0.3, -0.25) is 0 Å². The van der Waals surface area contributed by atoms with Crippen molar-refractivity contribution in [2.45, 2.75) is 51.9 Å². The summed E-state index contributed by atoms with van der Waals surface area (Å²) >= 11 is 0. The van der Waals surface area contributed by atoms with Gasteiger partial charge >= 0.3 is 6.16 Å². The van der Waals surface area contributed by atoms with Crippen LogP contribution in [0.15, 0.2) is 0 Å². The Balaban J connectivity index is 0. The number of carboxylic acid groups (broad SMARTS) is 1. The highest BCUT2D eigenvalue weighted by atomic mass is 35.5. The summed E-state index contributed by atoms with van der Waals surface area (Å²) in [5.41, 5.74) is 0. The molecule has 0 spiro atoms. The summed E-state index contributed by atoms with van der Waals surface area (Å²) in [5, 5.41) is 8.16. The zero-order valence-electron chi connectivity index (χ0n) is 8.83. The van der Waals surface area contributed by atoms with Crippen molar-refractivity contribution in [1.82, 2.24) is 0 Å². The zero-order chi connectivity index (χ0) is 9.94. The SMILES string of the molecule is CCCCCCCCCOC(=O)O.Cl. The van der Waals surface area contributed by atoms with Gasteiger partial charge in [-0.1, -0.05) is 45.4 Å². The van der Waals surface area contributed by atoms with Gasteiger partial charge in [-0.25, -0.2) is 4.79 Å². The molecule has 0 bridgehead atoms. The molecular formula is C10H21ClO3. The molecule has 0 fully saturated rings. The third-order valence-electron chi connectivity index (χ3n) is 1.97. The largest absolute Gasteiger partial charge is 0.505 e. The molecule has 0 aromatic carbocycles. The van der Waals surface area contributed by atoms with Gasteiger partial charge in [0.1, 0.15) is 0 Å². The number of hydrogen-bond acceptors (Lipinski definition) is 2. The van der Waals surface area contributed by atoms with Crippen LogP contribution in [0.2, 0.25) is 0 Å². The van der Waals surface area contributed by atoms with E-state index in [1.54, 1.807) is 0 Å². The summed E-state index contributed by atoms with van der Waals surface area (Å²) in [7, 11) is 0. The van der Waals surface area contributed by atoms with Gasteiger partial charge < -0.3 is 9.84 Å². The van der Waals surface area contributed by atoms with Crippen LogP contribution >= 0.6 is 12.4 Å². The molecule has 0 saturated carbocycles. The molecule has 14 heavy (non-hydrogen) atoms. The Labute approximate surface area is 92.2 Å². The van der Waals surface area contributed by atoms with E-state index < -0.39 is 6.16 Å². The van der Waals surface area contributed by atoms with Gasteiger partial charge in [0.2, 0.25) is 0 Å². The molecule has 0 heterocycles. The Morgan fingerprint density at radius 1 is 1.07 bits per heavy atom. The Hall–Kier alpha value is -0.440. The van der Waals surface area contributed by atoms with Gasteiger partial charge in [-0.2, -0.15) is 0 Å². The van der Waals surface area contributed by atoms with Gasteiger partial charge in [0.15, 0.2) is 0 Å². The van der Waals surface area contributed by atoms with E-state index in [4.69, 9.17) is 5.11 Å². The van der Waals surface area contributed by atoms with Crippen LogP contribution in [-0.2, 0) is 4.74 Å². The first-order valence-corrected chi connectivity index (χ1v) is 5.13. The molecule has 1 N–H and O–H groups in total. The number of unbranched alkanes of at least 4 members (excludes halogenated alkanes) is 6. The van der Waals surface area contributed by atoms with Crippen LogP contribution in [0.3, 0.4) is 0 Å². The Bertz CT molecular complexity index is 129. The lowest BCUT2D eigenvalue weighted by atomic mass is 10.1. The fourth-order valence-corrected chi connectivity index (χ4v) is 1.22. The third-order valence-corrected chi connectivity index (χ3v) is 1.97. The molecule has 0 atom stereocenters. The van der Waals surface area contributed by atoms with Crippen LogP contribution in [0.25, 0.3) is 0 Å². The first kappa shape index (κ1) is 16.0. The van der Waals surface area contributed by atoms with Crippen LogP contribution in [0.4, 0.5) is 4.79 Å². The molecule has 86 valence electrons. The summed E-state index contributed by atoms with van der Waals surface area (Å²) < 4.78 is 4.39. The smallest absolute Gasteiger partial charge is 0.450 e. The summed E-state index contributed by atoms with van der Waals surface area (Å²) in [6.45, 7) is 2.55. The Morgan fingerprint density at radius 3 is 2.07 bits per heavy atom. The maximum atomic E-state index is 9.95. The fourth-order valence-electron chi connectivity index (χ4n) is 1.22. The topological polar surface area (TPSA) is 46.5 Å². The number of ether oxygens (including phenoxy) is 1. The van der Waals surface area contributed by atoms with Crippen molar-refractivity contribution in [2.24, 2.45) is 0 Å². The molecule has 0 aliphatic rings. The molecule has 0 aromatic heterocycles. The van der Waals surface area contributed by atoms with Crippen LogP contribution < -0.4 is 0 Å². The number of hydrogen-bond donors (Lipinski definition) is 1. The standard InChI is InChI=1S/C10H20O3.ClH/c1-2-3-4-5-6-7-8-9-13-10(11)12;/h2-9H2,1H3,(H,11,12);1H. The van der Waals surface area contributed by atoms with Gasteiger partial charge in [-0.05, 0) is 6.42 Å². The van der Waals surface area contributed by atoms with E-state index >= 15 is 0 Å². The molecule has 0 saturated heterocycles. The summed E-state index contributed by atoms with van der Waals surface area (Å²) in [5.74, 6) is 0. The van der Waals surface area contributed by atoms with Crippen molar-refractivity contribution in [1.29, 1.82) is 0 Å². The number of rotatable bonds is 8. The van der Waals surface area contributed by atoms with Gasteiger partial charge in [0.05, 0.1) is 6.61 Å². The predicted molar refractivity (Wildman–Crippen MR) is 59.2 cm³/mol. The van der Waals surface area contributed by atoms with Crippen LogP contribution in [0, 0.1) is 0 Å². The first-order chi connectivity index (χ1) is 6.27. The van der Waals surface area contributed by atoms with Crippen molar-refractivity contribution < 1.29 is 14.6 Å². The van der Waals surface area contributed by atoms with Crippen molar-refractivity contribution in [3.63, 3.8) is 0 Å². The molecule has 0 unspecified atom stereocenters. The summed E-state index contributed by atoms with van der Waals surface area (Å²) in [6.07, 6.45) is 7.12. The maximum Gasteiger partial charge on any atom is 0.505 e. The zero-order valence-corrected chi connectivity index (χ0v) is 9.65. The minimum atomic E-state index is -1.16. The van der Waals surface area contributed by atoms with Gasteiger partial charge in [-0.15, -0.1) is 12.4 Å². The lowest BCUT2D eigenvalue weighted by Gasteiger charge is -2.00. The monoisotopic (exact) mass is 224 g/mol. The molecule has 4 heteroatoms. The van der Waals surface area contributed by atoms with Gasteiger partial charge in [0, 0.05) is 0 Å². The summed E-state index contributed by atoms with van der Waals surface area (Å²) in [4.78, 5) is 9.95. The minimum absolute atomic E-state index is 0. The van der Waals surface area contributed by atoms with Crippen LogP contribution in [-0.4, -0.2) is 17.9 Å². The van der Waals surface area contributed by atoms with E-state index in [1.807, 2.05) is 0 Å². The lowest BCUT2D eigenvalue weighted by molar-refractivity contribution is 0.0899. The number of halogens is 1. The Kier molecular flexibility index (Phi) is 14.4. The van der Waals surface area contributed by atoms with E-state index in [2.05, 4.69) is 11.7 Å². The normalized spacial score (nSPS) is 9.21. The molecule has 0 amide bonds. The molecule has 0 aliphatic heterocycles. The predicted octanol–water partition coefficient (Wildman–Crippen LogP) is 3.85. The fraction of sp³-hybridized carbons (Fsp3) is 0.900. The highest BCUT2D eigenvalue weighted by Crippen LogP contribution is 2.06. The van der Waals surface area contributed by atoms with E-state index in [0.717, 1.165) is 12.8 Å². The third kappa shape index (κ3) is 14.1. The van der Waals surface area contributed by atoms with Crippen LogP contribution in [0.5, 0.6) is 0 Å². The lowest BCUT2D eigenvalue weighted by Crippen LogP contribution is -2.01. The Morgan fingerprint density at radius 2 is 1.57 bits per heavy atom. The molecule has 3 nitrogen and oxygen atoms in total. The quantitative estimate of drug-likeness (QED) is 0.503. The number of carbonyl (C=O) groups is 1. The first-order valence-electron chi connectivity index (χ1n) is 5.13. The second kappa shape index (κ2) is 12.6. The van der Waals surface area contributed by atoms with Crippen molar-refractivity contribution >= 4 is 18.6 Å². The average Bonchev–Trinajstić information content (AvgIpc) is 2.09. The molecule has 0 aromatic rings. The summed E-state index contributed by atoms with van der Waals surface area (Å²) in [6, 6.07) is 0. The molecule has 0 radical (unpaired) electrons. The maximum absolute atomic E-state index is 9.95. The van der Waals surface area contributed by atoms with E-state index in [-0.39, 0.29) is 12.4 Å². The second-order valence-electron chi connectivity index (χ2n) is 3.24. The molecule has 0 rings (SSSR count). The van der Waals surface area contributed by atoms with E-state index in [0.29, 0.717) is 6.61 Å². The van der Waals surface area contributed by atoms with Gasteiger partial charge in [0.25, 0.3) is 0 Å². The van der Waals surface area contributed by atoms with Crippen molar-refractivity contribution in [2.75, 3.05) is 6.61 Å². The highest BCUT2D eigenvalue weighted by molar-refractivity contribution is 5.85. The van der Waals surface area contributed by atoms with Crippen molar-refractivity contribution in [3.05, 3.63) is 0 Å². The molecule has 0 aliphatic carbocycles. The second-order valence-corrected chi connectivity index (χ2v) is 3.24.